The summed E-state index contributed by atoms with van der Waals surface area (Å²) in [6, 6.07) is 19.9. The lowest BCUT2D eigenvalue weighted by molar-refractivity contribution is -0.121. The first-order valence-electron chi connectivity index (χ1n) is 19.2. The Morgan fingerprint density at radius 2 is 1.47 bits per heavy atom. The van der Waals surface area contributed by atoms with Crippen LogP contribution in [0.15, 0.2) is 60.7 Å². The number of sulfonamides is 1. The molecule has 3 aromatic carbocycles. The van der Waals surface area contributed by atoms with E-state index in [2.05, 4.69) is 38.3 Å². The summed E-state index contributed by atoms with van der Waals surface area (Å²) in [6.45, 7) is 3.77. The smallest absolute Gasteiger partial charge is 0.251 e. The van der Waals surface area contributed by atoms with E-state index in [4.69, 9.17) is 10.5 Å². The minimum absolute atomic E-state index is 0.0290. The molecule has 1 saturated carbocycles. The van der Waals surface area contributed by atoms with Crippen LogP contribution in [0.25, 0.3) is 22.2 Å². The minimum Gasteiger partial charge on any atom is -0.489 e. The monoisotopic (exact) mass is 740 g/mol. The van der Waals surface area contributed by atoms with Gasteiger partial charge in [-0.25, -0.2) is 8.42 Å². The zero-order valence-electron chi connectivity index (χ0n) is 30.7. The first kappa shape index (κ1) is 36.8. The van der Waals surface area contributed by atoms with Gasteiger partial charge >= 0.3 is 0 Å². The molecule has 11 nitrogen and oxygen atoms in total. The number of nitrogens with zero attached hydrogens (tertiary/aromatic N) is 3. The molecule has 2 amide bonds. The van der Waals surface area contributed by atoms with Crippen LogP contribution in [0.4, 0.5) is 11.4 Å². The zero-order chi connectivity index (χ0) is 37.0. The highest BCUT2D eigenvalue weighted by atomic mass is 32.2. The molecule has 1 aromatic heterocycles. The molecule has 2 fully saturated rings. The van der Waals surface area contributed by atoms with Crippen molar-refractivity contribution in [3.05, 3.63) is 77.4 Å². The lowest BCUT2D eigenvalue weighted by Gasteiger charge is -2.35. The molecule has 0 radical (unpaired) electrons. The number of nitrogen functional groups attached to an aromatic ring is 1. The largest absolute Gasteiger partial charge is 0.489 e. The van der Waals surface area contributed by atoms with E-state index in [0.29, 0.717) is 68.8 Å². The van der Waals surface area contributed by atoms with Crippen molar-refractivity contribution < 1.29 is 22.7 Å². The van der Waals surface area contributed by atoms with Crippen LogP contribution in [0.1, 0.15) is 85.2 Å². The summed E-state index contributed by atoms with van der Waals surface area (Å²) in [6.07, 6.45) is 10.8. The topological polar surface area (TPSA) is 139 Å². The second-order valence-electron chi connectivity index (χ2n) is 14.8. The van der Waals surface area contributed by atoms with Crippen molar-refractivity contribution in [3.63, 3.8) is 0 Å². The van der Waals surface area contributed by atoms with E-state index in [9.17, 15) is 18.0 Å². The summed E-state index contributed by atoms with van der Waals surface area (Å²) in [5.74, 6) is 0.945. The Hall–Kier alpha value is -4.55. The Morgan fingerprint density at radius 1 is 0.792 bits per heavy atom. The Kier molecular flexibility index (Phi) is 11.3. The molecule has 4 N–H and O–H groups in total. The molecule has 12 heteroatoms. The maximum absolute atomic E-state index is 13.5. The summed E-state index contributed by atoms with van der Waals surface area (Å²) < 4.78 is 34.2. The molecule has 3 heterocycles. The fraction of sp³-hybridized carbons (Fsp3) is 0.463. The minimum atomic E-state index is -3.23. The number of benzene rings is 3. The standard InChI is InChI=1S/C41H52N6O5S/c1-53(50,51)46-23-21-45(22-24-46)36-18-14-33(42)25-32(36)28-52-34-15-11-30(12-16-34)40-39(29-9-5-4-6-10-29)35-17-13-31-26-37(35)47(40)27-38(48)43-19-7-2-3-8-20-44-41(31)49/h11-18,25-26,29H,2-10,19-24,27-28,42H2,1H3,(H,43,48)(H,44,49). The normalized spacial score (nSPS) is 18.7. The van der Waals surface area contributed by atoms with Crippen LogP contribution in [0.2, 0.25) is 0 Å². The fourth-order valence-corrected chi connectivity index (χ4v) is 9.12. The highest BCUT2D eigenvalue weighted by Gasteiger charge is 2.29. The maximum Gasteiger partial charge on any atom is 0.251 e. The van der Waals surface area contributed by atoms with E-state index in [1.165, 1.54) is 35.4 Å². The molecule has 0 spiro atoms. The van der Waals surface area contributed by atoms with Gasteiger partial charge in [0.2, 0.25) is 15.9 Å². The van der Waals surface area contributed by atoms with Gasteiger partial charge in [0.05, 0.1) is 17.5 Å². The predicted octanol–water partition coefficient (Wildman–Crippen LogP) is 6.02. The van der Waals surface area contributed by atoms with Crippen LogP contribution < -0.4 is 26.0 Å². The Morgan fingerprint density at radius 3 is 2.19 bits per heavy atom. The molecular formula is C41H52N6O5S. The summed E-state index contributed by atoms with van der Waals surface area (Å²) in [7, 11) is -3.23. The number of amides is 2. The summed E-state index contributed by atoms with van der Waals surface area (Å²) in [4.78, 5) is 29.0. The van der Waals surface area contributed by atoms with Gasteiger partial charge in [-0.2, -0.15) is 4.31 Å². The predicted molar refractivity (Wildman–Crippen MR) is 211 cm³/mol. The molecule has 2 bridgehead atoms. The number of nitrogens with one attached hydrogen (secondary N) is 2. The molecule has 53 heavy (non-hydrogen) atoms. The molecule has 7 rings (SSSR count). The number of aromatic nitrogens is 1. The van der Waals surface area contributed by atoms with Crippen LogP contribution in [0.5, 0.6) is 5.75 Å². The fourth-order valence-electron chi connectivity index (χ4n) is 8.29. The van der Waals surface area contributed by atoms with Crippen LogP contribution in [0.3, 0.4) is 0 Å². The average Bonchev–Trinajstić information content (AvgIpc) is 3.47. The number of piperazine rings is 1. The number of nitrogens with two attached hydrogens (primary N) is 1. The number of hydrogen-bond donors (Lipinski definition) is 3. The Labute approximate surface area is 312 Å². The number of carbonyl (C=O) groups is 2. The van der Waals surface area contributed by atoms with Gasteiger partial charge in [-0.3, -0.25) is 9.59 Å². The molecule has 4 aromatic rings. The third-order valence-corrected chi connectivity index (χ3v) is 12.4. The van der Waals surface area contributed by atoms with Gasteiger partial charge in [0, 0.05) is 67.2 Å². The van der Waals surface area contributed by atoms with Gasteiger partial charge in [0.25, 0.3) is 5.91 Å². The van der Waals surface area contributed by atoms with Gasteiger partial charge in [-0.15, -0.1) is 0 Å². The highest BCUT2D eigenvalue weighted by Crippen LogP contribution is 2.44. The van der Waals surface area contributed by atoms with Crippen molar-refractivity contribution in [1.29, 1.82) is 0 Å². The van der Waals surface area contributed by atoms with Crippen LogP contribution in [-0.4, -0.2) is 74.6 Å². The summed E-state index contributed by atoms with van der Waals surface area (Å²) >= 11 is 0. The first-order valence-corrected chi connectivity index (χ1v) is 21.0. The van der Waals surface area contributed by atoms with Crippen molar-refractivity contribution in [2.75, 3.05) is 56.2 Å². The molecule has 2 aliphatic heterocycles. The number of hydrogen-bond acceptors (Lipinski definition) is 7. The van der Waals surface area contributed by atoms with E-state index in [1.54, 1.807) is 0 Å². The highest BCUT2D eigenvalue weighted by molar-refractivity contribution is 7.88. The van der Waals surface area contributed by atoms with Crippen molar-refractivity contribution >= 4 is 44.1 Å². The number of fused-ring (bicyclic) bond motifs is 1. The maximum atomic E-state index is 13.5. The average molecular weight is 741 g/mol. The van der Waals surface area contributed by atoms with Crippen LogP contribution in [0, 0.1) is 0 Å². The van der Waals surface area contributed by atoms with Crippen molar-refractivity contribution in [2.24, 2.45) is 0 Å². The van der Waals surface area contributed by atoms with E-state index >= 15 is 0 Å². The SMILES string of the molecule is CS(=O)(=O)N1CCN(c2ccc(N)cc2COc2ccc(-c3c(C4CCCCC4)c4ccc5cc4n3CC(=O)NCCCCCCNC5=O)cc2)CC1. The van der Waals surface area contributed by atoms with E-state index in [-0.39, 0.29) is 18.4 Å². The lowest BCUT2D eigenvalue weighted by Crippen LogP contribution is -2.48. The molecule has 1 aliphatic carbocycles. The molecule has 282 valence electrons. The Balaban J connectivity index is 1.20. The number of anilines is 2. The van der Waals surface area contributed by atoms with Crippen LogP contribution in [-0.2, 0) is 28.0 Å². The van der Waals surface area contributed by atoms with Gasteiger partial charge in [0.1, 0.15) is 18.9 Å². The Bertz CT molecular complexity index is 2050. The van der Waals surface area contributed by atoms with Gasteiger partial charge in [0.15, 0.2) is 0 Å². The van der Waals surface area contributed by atoms with Gasteiger partial charge in [-0.1, -0.05) is 38.2 Å². The third-order valence-electron chi connectivity index (χ3n) is 11.1. The molecular weight excluding hydrogens is 689 g/mol. The van der Waals surface area contributed by atoms with Crippen molar-refractivity contribution in [1.82, 2.24) is 19.5 Å². The van der Waals surface area contributed by atoms with Crippen molar-refractivity contribution in [3.8, 4) is 17.0 Å². The second-order valence-corrected chi connectivity index (χ2v) is 16.8. The van der Waals surface area contributed by atoms with E-state index in [0.717, 1.165) is 71.9 Å². The zero-order valence-corrected chi connectivity index (χ0v) is 31.6. The number of carbonyl (C=O) groups excluding carboxylic acids is 2. The second kappa shape index (κ2) is 16.2. The first-order chi connectivity index (χ1) is 25.7. The van der Waals surface area contributed by atoms with Crippen LogP contribution >= 0.6 is 0 Å². The van der Waals surface area contributed by atoms with Gasteiger partial charge < -0.3 is 30.6 Å². The third kappa shape index (κ3) is 8.49. The van der Waals surface area contributed by atoms with Crippen molar-refractivity contribution in [2.45, 2.75) is 76.9 Å². The van der Waals surface area contributed by atoms with Gasteiger partial charge in [-0.05, 0) is 97.3 Å². The van der Waals surface area contributed by atoms with E-state index < -0.39 is 10.0 Å². The number of ether oxygens (including phenoxy) is 1. The molecule has 3 aliphatic rings. The van der Waals surface area contributed by atoms with E-state index in [1.807, 2.05) is 42.5 Å². The molecule has 0 atom stereocenters. The molecule has 1 saturated heterocycles. The molecule has 0 unspecified atom stereocenters. The lowest BCUT2D eigenvalue weighted by atomic mass is 9.81. The summed E-state index contributed by atoms with van der Waals surface area (Å²) in [5.41, 5.74) is 13.6. The number of rotatable bonds is 7. The summed E-state index contributed by atoms with van der Waals surface area (Å²) in [5, 5.41) is 7.36. The quantitative estimate of drug-likeness (QED) is 0.197.